The Bertz CT molecular complexity index is 1200. The van der Waals surface area contributed by atoms with Crippen LogP contribution in [0.5, 0.6) is 0 Å². The van der Waals surface area contributed by atoms with E-state index < -0.39 is 5.97 Å². The number of anilines is 2. The minimum absolute atomic E-state index is 0.0652. The summed E-state index contributed by atoms with van der Waals surface area (Å²) in [5.41, 5.74) is 1.88. The average molecular weight is 400 g/mol. The number of likely N-dealkylation sites (N-methyl/N-ethyl adjacent to an activating group) is 1. The molecule has 0 unspecified atom stereocenters. The van der Waals surface area contributed by atoms with E-state index in [-0.39, 0.29) is 23.9 Å². The summed E-state index contributed by atoms with van der Waals surface area (Å²) in [7, 11) is 0. The Morgan fingerprint density at radius 1 is 1.00 bits per heavy atom. The molecule has 0 spiro atoms. The van der Waals surface area contributed by atoms with Gasteiger partial charge in [0.1, 0.15) is 6.54 Å². The van der Waals surface area contributed by atoms with Crippen molar-refractivity contribution in [1.82, 2.24) is 0 Å². The van der Waals surface area contributed by atoms with Gasteiger partial charge < -0.3 is 10.0 Å². The van der Waals surface area contributed by atoms with Crippen LogP contribution in [-0.2, 0) is 9.59 Å². The number of fused-ring (bicyclic) bond motifs is 2. The minimum Gasteiger partial charge on any atom is -0.478 e. The number of carboxylic acids is 1. The molecule has 4 rings (SSSR count). The quantitative estimate of drug-likeness (QED) is 0.673. The van der Waals surface area contributed by atoms with Crippen molar-refractivity contribution in [2.75, 3.05) is 22.9 Å². The van der Waals surface area contributed by atoms with Crippen molar-refractivity contribution in [3.05, 3.63) is 77.9 Å². The normalized spacial score (nSPS) is 13.7. The van der Waals surface area contributed by atoms with Crippen LogP contribution in [0.1, 0.15) is 22.8 Å². The summed E-state index contributed by atoms with van der Waals surface area (Å²) >= 11 is 0. The molecule has 1 aliphatic rings. The number of carboxylic acid groups (broad SMARTS) is 1. The standard InChI is InChI=1S/C24H20N2O4/c1-2-25-20-11-10-19(24(29)30)14-21(20)26(15-23(25)28)22(27)12-8-16-7-9-17-5-3-4-6-18(17)13-16/h3-14H,2,15H2,1H3,(H,29,30)/b12-8+. The Morgan fingerprint density at radius 3 is 2.50 bits per heavy atom. The molecule has 0 aliphatic carbocycles. The molecular formula is C24H20N2O4. The molecule has 6 nitrogen and oxygen atoms in total. The smallest absolute Gasteiger partial charge is 0.335 e. The van der Waals surface area contributed by atoms with E-state index in [4.69, 9.17) is 0 Å². The van der Waals surface area contributed by atoms with Crippen molar-refractivity contribution >= 4 is 46.0 Å². The number of hydrogen-bond acceptors (Lipinski definition) is 3. The van der Waals surface area contributed by atoms with Gasteiger partial charge in [0, 0.05) is 12.6 Å². The van der Waals surface area contributed by atoms with Crippen LogP contribution >= 0.6 is 0 Å². The summed E-state index contributed by atoms with van der Waals surface area (Å²) in [4.78, 5) is 39.8. The SMILES string of the molecule is CCN1C(=O)CN(C(=O)/C=C/c2ccc3ccccc3c2)c2cc(C(=O)O)ccc21. The maximum atomic E-state index is 12.9. The molecule has 1 aliphatic heterocycles. The first-order chi connectivity index (χ1) is 14.5. The van der Waals surface area contributed by atoms with Gasteiger partial charge in [-0.3, -0.25) is 14.5 Å². The van der Waals surface area contributed by atoms with Gasteiger partial charge in [0.15, 0.2) is 0 Å². The molecule has 0 fully saturated rings. The number of benzene rings is 3. The zero-order chi connectivity index (χ0) is 21.3. The van der Waals surface area contributed by atoms with Crippen LogP contribution in [0.25, 0.3) is 16.8 Å². The van der Waals surface area contributed by atoms with Crippen molar-refractivity contribution in [2.45, 2.75) is 6.92 Å². The second-order valence-electron chi connectivity index (χ2n) is 7.01. The molecule has 1 heterocycles. The lowest BCUT2D eigenvalue weighted by molar-refractivity contribution is -0.120. The van der Waals surface area contributed by atoms with Crippen molar-refractivity contribution in [3.8, 4) is 0 Å². The highest BCUT2D eigenvalue weighted by Gasteiger charge is 2.31. The van der Waals surface area contributed by atoms with E-state index >= 15 is 0 Å². The number of rotatable bonds is 4. The molecule has 0 bridgehead atoms. The van der Waals surface area contributed by atoms with Crippen molar-refractivity contribution in [1.29, 1.82) is 0 Å². The molecule has 30 heavy (non-hydrogen) atoms. The predicted molar refractivity (Wildman–Crippen MR) is 117 cm³/mol. The molecule has 1 N–H and O–H groups in total. The highest BCUT2D eigenvalue weighted by Crippen LogP contribution is 2.34. The zero-order valence-corrected chi connectivity index (χ0v) is 16.4. The van der Waals surface area contributed by atoms with Gasteiger partial charge in [-0.2, -0.15) is 0 Å². The molecule has 0 radical (unpaired) electrons. The van der Waals surface area contributed by atoms with E-state index in [0.717, 1.165) is 16.3 Å². The number of hydrogen-bond donors (Lipinski definition) is 1. The van der Waals surface area contributed by atoms with Crippen molar-refractivity contribution < 1.29 is 19.5 Å². The average Bonchev–Trinajstić information content (AvgIpc) is 2.76. The predicted octanol–water partition coefficient (Wildman–Crippen LogP) is 3.95. The van der Waals surface area contributed by atoms with Gasteiger partial charge in [0.25, 0.3) is 5.91 Å². The van der Waals surface area contributed by atoms with Crippen LogP contribution in [0.2, 0.25) is 0 Å². The molecule has 3 aromatic rings. The Balaban J connectivity index is 1.67. The minimum atomic E-state index is -1.09. The summed E-state index contributed by atoms with van der Waals surface area (Å²) < 4.78 is 0. The maximum absolute atomic E-state index is 12.9. The highest BCUT2D eigenvalue weighted by atomic mass is 16.4. The van der Waals surface area contributed by atoms with Crippen LogP contribution < -0.4 is 9.80 Å². The molecule has 0 saturated heterocycles. The molecule has 0 aromatic heterocycles. The Hall–Kier alpha value is -3.93. The van der Waals surface area contributed by atoms with Gasteiger partial charge in [-0.05, 0) is 53.6 Å². The van der Waals surface area contributed by atoms with Gasteiger partial charge in [-0.15, -0.1) is 0 Å². The van der Waals surface area contributed by atoms with Gasteiger partial charge in [0.05, 0.1) is 16.9 Å². The summed E-state index contributed by atoms with van der Waals surface area (Å²) in [5, 5.41) is 11.5. The maximum Gasteiger partial charge on any atom is 0.335 e. The number of carbonyl (C=O) groups is 3. The molecule has 150 valence electrons. The van der Waals surface area contributed by atoms with Crippen molar-refractivity contribution in [3.63, 3.8) is 0 Å². The third-order valence-corrected chi connectivity index (χ3v) is 5.17. The number of aromatic carboxylic acids is 1. The lowest BCUT2D eigenvalue weighted by Crippen LogP contribution is -2.47. The van der Waals surface area contributed by atoms with Crippen LogP contribution in [0, 0.1) is 0 Å². The van der Waals surface area contributed by atoms with Gasteiger partial charge in [-0.1, -0.05) is 36.4 Å². The first kappa shape index (κ1) is 19.4. The van der Waals surface area contributed by atoms with Crippen LogP contribution in [-0.4, -0.2) is 36.0 Å². The Labute approximate surface area is 173 Å². The molecule has 3 aromatic carbocycles. The van der Waals surface area contributed by atoms with Gasteiger partial charge in [0.2, 0.25) is 5.91 Å². The van der Waals surface area contributed by atoms with Crippen LogP contribution in [0.3, 0.4) is 0 Å². The second-order valence-corrected chi connectivity index (χ2v) is 7.01. The van der Waals surface area contributed by atoms with Gasteiger partial charge in [-0.25, -0.2) is 4.79 Å². The zero-order valence-electron chi connectivity index (χ0n) is 16.4. The monoisotopic (exact) mass is 400 g/mol. The highest BCUT2D eigenvalue weighted by molar-refractivity contribution is 6.15. The third kappa shape index (κ3) is 3.55. The summed E-state index contributed by atoms with van der Waals surface area (Å²) in [5.74, 6) is -1.67. The van der Waals surface area contributed by atoms with E-state index in [2.05, 4.69) is 0 Å². The fourth-order valence-electron chi connectivity index (χ4n) is 3.65. The lowest BCUT2D eigenvalue weighted by atomic mass is 10.1. The summed E-state index contributed by atoms with van der Waals surface area (Å²) in [6.07, 6.45) is 3.11. The van der Waals surface area contributed by atoms with Crippen LogP contribution in [0.4, 0.5) is 11.4 Å². The van der Waals surface area contributed by atoms with E-state index in [0.29, 0.717) is 17.9 Å². The largest absolute Gasteiger partial charge is 0.478 e. The van der Waals surface area contributed by atoms with E-state index in [9.17, 15) is 19.5 Å². The Kier molecular flexibility index (Phi) is 5.06. The van der Waals surface area contributed by atoms with E-state index in [1.165, 1.54) is 23.1 Å². The first-order valence-corrected chi connectivity index (χ1v) is 9.64. The number of nitrogens with zero attached hydrogens (tertiary/aromatic N) is 2. The molecule has 2 amide bonds. The lowest BCUT2D eigenvalue weighted by Gasteiger charge is -2.35. The van der Waals surface area contributed by atoms with Crippen molar-refractivity contribution in [2.24, 2.45) is 0 Å². The number of carbonyl (C=O) groups excluding carboxylic acids is 2. The molecular weight excluding hydrogens is 380 g/mol. The summed E-state index contributed by atoms with van der Waals surface area (Å²) in [6, 6.07) is 18.3. The van der Waals surface area contributed by atoms with Crippen LogP contribution in [0.15, 0.2) is 66.7 Å². The fraction of sp³-hybridized carbons (Fsp3) is 0.125. The molecule has 0 atom stereocenters. The van der Waals surface area contributed by atoms with E-state index in [1.54, 1.807) is 17.0 Å². The molecule has 6 heteroatoms. The number of amides is 2. The molecule has 0 saturated carbocycles. The van der Waals surface area contributed by atoms with Gasteiger partial charge >= 0.3 is 5.97 Å². The Morgan fingerprint density at radius 2 is 1.77 bits per heavy atom. The fourth-order valence-corrected chi connectivity index (χ4v) is 3.65. The first-order valence-electron chi connectivity index (χ1n) is 9.64. The third-order valence-electron chi connectivity index (χ3n) is 5.17. The summed E-state index contributed by atoms with van der Waals surface area (Å²) in [6.45, 7) is 2.14. The topological polar surface area (TPSA) is 77.9 Å². The van der Waals surface area contributed by atoms with E-state index in [1.807, 2.05) is 49.4 Å². The second kappa shape index (κ2) is 7.83.